The van der Waals surface area contributed by atoms with Gasteiger partial charge in [0.15, 0.2) is 0 Å². The summed E-state index contributed by atoms with van der Waals surface area (Å²) in [6.45, 7) is 2.22. The number of rotatable bonds is 3. The molecule has 1 heteroatoms. The largest absolute Gasteiger partial charge is 0.316 e. The zero-order chi connectivity index (χ0) is 14.1. The summed E-state index contributed by atoms with van der Waals surface area (Å²) in [4.78, 5) is 0. The molecule has 0 amide bonds. The molecule has 1 unspecified atom stereocenters. The van der Waals surface area contributed by atoms with E-state index in [4.69, 9.17) is 0 Å². The molecule has 0 radical (unpaired) electrons. The van der Waals surface area contributed by atoms with Gasteiger partial charge < -0.3 is 5.32 Å². The summed E-state index contributed by atoms with van der Waals surface area (Å²) in [5.74, 6) is 0. The number of allylic oxidation sites excluding steroid dienone is 1. The van der Waals surface area contributed by atoms with Crippen LogP contribution in [0.4, 0.5) is 0 Å². The lowest BCUT2D eigenvalue weighted by Crippen LogP contribution is -2.31. The topological polar surface area (TPSA) is 12.0 Å². The third-order valence-electron chi connectivity index (χ3n) is 5.02. The highest BCUT2D eigenvalue weighted by Gasteiger charge is 2.36. The highest BCUT2D eigenvalue weighted by atomic mass is 14.9. The van der Waals surface area contributed by atoms with Crippen LogP contribution in [-0.2, 0) is 18.3 Å². The van der Waals surface area contributed by atoms with Crippen LogP contribution in [0, 0.1) is 0 Å². The zero-order valence-corrected chi connectivity index (χ0v) is 12.3. The highest BCUT2D eigenvalue weighted by molar-refractivity contribution is 5.61. The molecule has 1 nitrogen and oxygen atoms in total. The lowest BCUT2D eigenvalue weighted by atomic mass is 9.74. The van der Waals surface area contributed by atoms with E-state index < -0.39 is 0 Å². The van der Waals surface area contributed by atoms with E-state index in [-0.39, 0.29) is 5.41 Å². The standard InChI is InChI=1S/C20H21N/c1-2-5-16(6-3-1)14-20(11-12-21-15-20)19-10-9-17-7-4-8-18(17)13-19/h1-7,9-10,13,21H,8,11-12,14-15H2. The fourth-order valence-corrected chi connectivity index (χ4v) is 3.82. The molecule has 21 heavy (non-hydrogen) atoms. The van der Waals surface area contributed by atoms with E-state index >= 15 is 0 Å². The second-order valence-electron chi connectivity index (χ2n) is 6.39. The molecular weight excluding hydrogens is 254 g/mol. The molecule has 0 aromatic heterocycles. The molecule has 1 atom stereocenters. The molecule has 1 aliphatic heterocycles. The van der Waals surface area contributed by atoms with Crippen LogP contribution in [0.5, 0.6) is 0 Å². The zero-order valence-electron chi connectivity index (χ0n) is 12.3. The molecule has 4 rings (SSSR count). The quantitative estimate of drug-likeness (QED) is 0.900. The minimum absolute atomic E-state index is 0.263. The first kappa shape index (κ1) is 12.8. The maximum Gasteiger partial charge on any atom is 0.0130 e. The summed E-state index contributed by atoms with van der Waals surface area (Å²) in [6.07, 6.45) is 7.97. The molecule has 1 heterocycles. The first-order valence-electron chi connectivity index (χ1n) is 7.90. The van der Waals surface area contributed by atoms with Crippen molar-refractivity contribution in [2.24, 2.45) is 0 Å². The van der Waals surface area contributed by atoms with Crippen LogP contribution in [0.15, 0.2) is 54.6 Å². The maximum absolute atomic E-state index is 3.58. The van der Waals surface area contributed by atoms with Crippen molar-refractivity contribution < 1.29 is 0 Å². The van der Waals surface area contributed by atoms with Crippen LogP contribution in [-0.4, -0.2) is 13.1 Å². The van der Waals surface area contributed by atoms with Crippen molar-refractivity contribution in [3.05, 3.63) is 76.9 Å². The van der Waals surface area contributed by atoms with Gasteiger partial charge in [0.05, 0.1) is 0 Å². The molecule has 1 aliphatic carbocycles. The Hall–Kier alpha value is -1.86. The van der Waals surface area contributed by atoms with E-state index in [1.54, 1.807) is 0 Å². The normalized spacial score (nSPS) is 23.4. The smallest absolute Gasteiger partial charge is 0.0130 e. The van der Waals surface area contributed by atoms with E-state index in [1.165, 1.54) is 28.7 Å². The average molecular weight is 275 g/mol. The second kappa shape index (κ2) is 5.16. The molecule has 0 spiro atoms. The second-order valence-corrected chi connectivity index (χ2v) is 6.39. The van der Waals surface area contributed by atoms with Crippen molar-refractivity contribution in [3.8, 4) is 0 Å². The first-order chi connectivity index (χ1) is 10.4. The number of hydrogen-bond acceptors (Lipinski definition) is 1. The maximum atomic E-state index is 3.58. The SMILES string of the molecule is C1=Cc2ccc(C3(Cc4ccccc4)CCNC3)cc2C1. The Morgan fingerprint density at radius 3 is 2.76 bits per heavy atom. The monoisotopic (exact) mass is 275 g/mol. The van der Waals surface area contributed by atoms with Gasteiger partial charge in [0.2, 0.25) is 0 Å². The first-order valence-corrected chi connectivity index (χ1v) is 7.90. The molecule has 2 aromatic carbocycles. The number of nitrogens with one attached hydrogen (secondary N) is 1. The van der Waals surface area contributed by atoms with Gasteiger partial charge in [0, 0.05) is 12.0 Å². The molecule has 1 saturated heterocycles. The van der Waals surface area contributed by atoms with Crippen LogP contribution in [0.1, 0.15) is 28.7 Å². The van der Waals surface area contributed by atoms with Crippen LogP contribution in [0.3, 0.4) is 0 Å². The van der Waals surface area contributed by atoms with Gasteiger partial charge >= 0.3 is 0 Å². The van der Waals surface area contributed by atoms with Crippen LogP contribution in [0.25, 0.3) is 6.08 Å². The van der Waals surface area contributed by atoms with Gasteiger partial charge in [-0.25, -0.2) is 0 Å². The predicted octanol–water partition coefficient (Wildman–Crippen LogP) is 3.73. The van der Waals surface area contributed by atoms with E-state index in [0.717, 1.165) is 25.9 Å². The Kier molecular flexibility index (Phi) is 3.16. The van der Waals surface area contributed by atoms with Gasteiger partial charge in [0.1, 0.15) is 0 Å². The molecule has 0 bridgehead atoms. The summed E-state index contributed by atoms with van der Waals surface area (Å²) in [5, 5.41) is 3.58. The van der Waals surface area contributed by atoms with Crippen molar-refractivity contribution in [3.63, 3.8) is 0 Å². The fraction of sp³-hybridized carbons (Fsp3) is 0.300. The van der Waals surface area contributed by atoms with E-state index in [0.29, 0.717) is 0 Å². The molecule has 106 valence electrons. The van der Waals surface area contributed by atoms with Crippen LogP contribution < -0.4 is 5.32 Å². The molecular formula is C20H21N. The molecule has 2 aromatic rings. The van der Waals surface area contributed by atoms with Gasteiger partial charge in [-0.1, -0.05) is 60.7 Å². The van der Waals surface area contributed by atoms with Crippen molar-refractivity contribution in [1.29, 1.82) is 0 Å². The number of benzene rings is 2. The molecule has 0 saturated carbocycles. The highest BCUT2D eigenvalue weighted by Crippen LogP contribution is 2.36. The van der Waals surface area contributed by atoms with Crippen LogP contribution >= 0.6 is 0 Å². The van der Waals surface area contributed by atoms with E-state index in [1.807, 2.05) is 0 Å². The summed E-state index contributed by atoms with van der Waals surface area (Å²) in [6, 6.07) is 18.0. The summed E-state index contributed by atoms with van der Waals surface area (Å²) in [7, 11) is 0. The van der Waals surface area contributed by atoms with Crippen molar-refractivity contribution in [1.82, 2.24) is 5.32 Å². The Balaban J connectivity index is 1.71. The van der Waals surface area contributed by atoms with Crippen molar-refractivity contribution in [2.45, 2.75) is 24.7 Å². The van der Waals surface area contributed by atoms with Gasteiger partial charge in [0.25, 0.3) is 0 Å². The third-order valence-corrected chi connectivity index (χ3v) is 5.02. The Labute approximate surface area is 126 Å². The van der Waals surface area contributed by atoms with Gasteiger partial charge in [-0.05, 0) is 48.1 Å². The number of fused-ring (bicyclic) bond motifs is 1. The predicted molar refractivity (Wildman–Crippen MR) is 88.5 cm³/mol. The minimum Gasteiger partial charge on any atom is -0.316 e. The molecule has 1 fully saturated rings. The molecule has 2 aliphatic rings. The Bertz CT molecular complexity index is 663. The van der Waals surface area contributed by atoms with E-state index in [2.05, 4.69) is 66.0 Å². The number of hydrogen-bond donors (Lipinski definition) is 1. The lowest BCUT2D eigenvalue weighted by molar-refractivity contribution is 0.467. The van der Waals surface area contributed by atoms with Crippen molar-refractivity contribution >= 4 is 6.08 Å². The van der Waals surface area contributed by atoms with E-state index in [9.17, 15) is 0 Å². The van der Waals surface area contributed by atoms with Gasteiger partial charge in [-0.3, -0.25) is 0 Å². The van der Waals surface area contributed by atoms with Crippen LogP contribution in [0.2, 0.25) is 0 Å². The average Bonchev–Trinajstić information content (AvgIpc) is 3.17. The fourth-order valence-electron chi connectivity index (χ4n) is 3.82. The summed E-state index contributed by atoms with van der Waals surface area (Å²) >= 11 is 0. The molecule has 1 N–H and O–H groups in total. The summed E-state index contributed by atoms with van der Waals surface area (Å²) < 4.78 is 0. The van der Waals surface area contributed by atoms with Crippen molar-refractivity contribution in [2.75, 3.05) is 13.1 Å². The van der Waals surface area contributed by atoms with Gasteiger partial charge in [-0.15, -0.1) is 0 Å². The Morgan fingerprint density at radius 2 is 1.95 bits per heavy atom. The summed E-state index contributed by atoms with van der Waals surface area (Å²) in [5.41, 5.74) is 6.11. The Morgan fingerprint density at radius 1 is 1.05 bits per heavy atom. The minimum atomic E-state index is 0.263. The van der Waals surface area contributed by atoms with Gasteiger partial charge in [-0.2, -0.15) is 0 Å². The lowest BCUT2D eigenvalue weighted by Gasteiger charge is -2.30. The third kappa shape index (κ3) is 2.32.